The molecule has 2 aromatic carbocycles. The van der Waals surface area contributed by atoms with Crippen LogP contribution in [-0.4, -0.2) is 22.2 Å². The van der Waals surface area contributed by atoms with Crippen LogP contribution in [-0.2, 0) is 0 Å². The number of nitrogens with zero attached hydrogens (tertiary/aromatic N) is 2. The van der Waals surface area contributed by atoms with E-state index < -0.39 is 10.8 Å². The maximum absolute atomic E-state index is 12.2. The summed E-state index contributed by atoms with van der Waals surface area (Å²) in [4.78, 5) is 22.9. The summed E-state index contributed by atoms with van der Waals surface area (Å²) in [5, 5.41) is 25.5. The minimum absolute atomic E-state index is 0.0395. The van der Waals surface area contributed by atoms with Gasteiger partial charge in [-0.05, 0) is 40.2 Å². The highest BCUT2D eigenvalue weighted by Gasteiger charge is 2.13. The smallest absolute Gasteiger partial charge is 0.281 e. The van der Waals surface area contributed by atoms with Gasteiger partial charge in [0.05, 0.1) is 20.5 Å². The van der Waals surface area contributed by atoms with Crippen molar-refractivity contribution in [1.29, 1.82) is 0 Å². The number of carbonyl (C=O) groups excluding carboxylic acids is 1. The van der Waals surface area contributed by atoms with E-state index in [9.17, 15) is 20.0 Å². The highest BCUT2D eigenvalue weighted by Crippen LogP contribution is 2.31. The number of hydrazone groups is 1. The molecule has 1 heterocycles. The molecule has 10 heteroatoms. The van der Waals surface area contributed by atoms with Crippen molar-refractivity contribution in [2.24, 2.45) is 5.10 Å². The monoisotopic (exact) mass is 453 g/mol. The number of carbonyl (C=O) groups is 1. The minimum Gasteiger partial charge on any atom is -0.506 e. The Morgan fingerprint density at radius 3 is 2.85 bits per heavy atom. The number of thiophene rings is 1. The van der Waals surface area contributed by atoms with Crippen LogP contribution in [0.15, 0.2) is 46.0 Å². The molecule has 0 aliphatic rings. The van der Waals surface area contributed by atoms with E-state index in [1.165, 1.54) is 41.8 Å². The first-order valence-corrected chi connectivity index (χ1v) is 9.03. The maximum Gasteiger partial charge on any atom is 0.281 e. The van der Waals surface area contributed by atoms with E-state index in [0.717, 1.165) is 4.70 Å². The predicted octanol–water partition coefficient (Wildman–Crippen LogP) is 4.69. The molecule has 3 rings (SSSR count). The molecule has 3 aromatic rings. The molecule has 0 unspecified atom stereocenters. The molecule has 26 heavy (non-hydrogen) atoms. The molecule has 0 fully saturated rings. The Labute approximate surface area is 164 Å². The lowest BCUT2D eigenvalue weighted by Crippen LogP contribution is -2.16. The van der Waals surface area contributed by atoms with Crippen molar-refractivity contribution >= 4 is 66.8 Å². The first kappa shape index (κ1) is 18.3. The molecule has 0 radical (unpaired) electrons. The molecular formula is C16H9BrClN3O4S. The minimum atomic E-state index is -0.489. The number of hydrogen-bond donors (Lipinski definition) is 2. The molecule has 0 saturated carbocycles. The number of halogens is 2. The first-order chi connectivity index (χ1) is 12.3. The summed E-state index contributed by atoms with van der Waals surface area (Å²) in [6.07, 6.45) is 1.27. The van der Waals surface area contributed by atoms with Gasteiger partial charge >= 0.3 is 0 Å². The number of rotatable bonds is 4. The van der Waals surface area contributed by atoms with E-state index in [1.807, 2.05) is 0 Å². The van der Waals surface area contributed by atoms with E-state index in [2.05, 4.69) is 26.5 Å². The van der Waals surface area contributed by atoms with Gasteiger partial charge in [-0.1, -0.05) is 11.6 Å². The average Bonchev–Trinajstić information content (AvgIpc) is 3.02. The Hall–Kier alpha value is -2.49. The van der Waals surface area contributed by atoms with Gasteiger partial charge in [-0.15, -0.1) is 11.3 Å². The van der Waals surface area contributed by atoms with Crippen molar-refractivity contribution in [1.82, 2.24) is 5.43 Å². The number of phenols is 1. The number of benzene rings is 2. The summed E-state index contributed by atoms with van der Waals surface area (Å²) in [5.74, 6) is -0.521. The zero-order valence-electron chi connectivity index (χ0n) is 12.8. The fourth-order valence-corrected chi connectivity index (χ4v) is 3.92. The van der Waals surface area contributed by atoms with Crippen LogP contribution < -0.4 is 5.43 Å². The first-order valence-electron chi connectivity index (χ1n) is 7.04. The highest BCUT2D eigenvalue weighted by atomic mass is 79.9. The fraction of sp³-hybridized carbons (Fsp3) is 0. The number of fused-ring (bicyclic) bond motifs is 1. The summed E-state index contributed by atoms with van der Waals surface area (Å²) in [5.41, 5.74) is 2.64. The Morgan fingerprint density at radius 1 is 1.35 bits per heavy atom. The van der Waals surface area contributed by atoms with Crippen LogP contribution in [0.2, 0.25) is 5.02 Å². The molecule has 1 amide bonds. The van der Waals surface area contributed by atoms with Crippen LogP contribution in [0.1, 0.15) is 15.2 Å². The number of nitro benzene ring substituents is 1. The van der Waals surface area contributed by atoms with E-state index in [1.54, 1.807) is 12.1 Å². The molecule has 0 atom stereocenters. The number of hydrogen-bond acceptors (Lipinski definition) is 6. The number of nitrogens with one attached hydrogen (secondary N) is 1. The third-order valence-corrected chi connectivity index (χ3v) is 5.30. The summed E-state index contributed by atoms with van der Waals surface area (Å²) in [7, 11) is 0. The van der Waals surface area contributed by atoms with Crippen molar-refractivity contribution in [3.63, 3.8) is 0 Å². The predicted molar refractivity (Wildman–Crippen MR) is 104 cm³/mol. The Bertz CT molecular complexity index is 1070. The third-order valence-electron chi connectivity index (χ3n) is 3.36. The topological polar surface area (TPSA) is 105 Å². The molecule has 1 aromatic heterocycles. The van der Waals surface area contributed by atoms with E-state index in [-0.39, 0.29) is 11.4 Å². The second-order valence-corrected chi connectivity index (χ2v) is 7.49. The van der Waals surface area contributed by atoms with E-state index >= 15 is 0 Å². The van der Waals surface area contributed by atoms with E-state index in [4.69, 9.17) is 11.6 Å². The lowest BCUT2D eigenvalue weighted by molar-refractivity contribution is -0.384. The number of nitro groups is 1. The highest BCUT2D eigenvalue weighted by molar-refractivity contribution is 9.10. The fourth-order valence-electron chi connectivity index (χ4n) is 2.16. The second-order valence-electron chi connectivity index (χ2n) is 5.11. The molecular weight excluding hydrogens is 446 g/mol. The Morgan fingerprint density at radius 2 is 2.12 bits per heavy atom. The van der Waals surface area contributed by atoms with E-state index in [0.29, 0.717) is 25.3 Å². The maximum atomic E-state index is 12.2. The lowest BCUT2D eigenvalue weighted by Gasteiger charge is -2.02. The van der Waals surface area contributed by atoms with Gasteiger partial charge < -0.3 is 5.11 Å². The molecule has 0 spiro atoms. The van der Waals surface area contributed by atoms with Gasteiger partial charge in [-0.2, -0.15) is 5.10 Å². The Balaban J connectivity index is 1.78. The van der Waals surface area contributed by atoms with Crippen LogP contribution in [0.3, 0.4) is 0 Å². The van der Waals surface area contributed by atoms with Crippen molar-refractivity contribution in [3.8, 4) is 5.75 Å². The SMILES string of the molecule is O=C(N/N=C/c1cc(Cl)cc(Br)c1O)c1cc2cc([N+](=O)[O-])ccc2s1. The summed E-state index contributed by atoms with van der Waals surface area (Å²) in [6.45, 7) is 0. The molecule has 132 valence electrons. The molecule has 0 saturated heterocycles. The summed E-state index contributed by atoms with van der Waals surface area (Å²) < 4.78 is 1.16. The van der Waals surface area contributed by atoms with Crippen LogP contribution in [0.25, 0.3) is 10.1 Å². The number of aromatic hydroxyl groups is 1. The molecule has 0 aliphatic heterocycles. The molecule has 0 bridgehead atoms. The number of amides is 1. The van der Waals surface area contributed by atoms with Gasteiger partial charge in [-0.3, -0.25) is 14.9 Å². The quantitative estimate of drug-likeness (QED) is 0.339. The van der Waals surface area contributed by atoms with Gasteiger partial charge in [0.2, 0.25) is 0 Å². The van der Waals surface area contributed by atoms with Gasteiger partial charge in [0.1, 0.15) is 5.75 Å². The number of phenolic OH excluding ortho intramolecular Hbond substituents is 1. The van der Waals surface area contributed by atoms with Crippen LogP contribution in [0.5, 0.6) is 5.75 Å². The average molecular weight is 455 g/mol. The zero-order chi connectivity index (χ0) is 18.8. The van der Waals surface area contributed by atoms with Gasteiger partial charge in [0.15, 0.2) is 0 Å². The van der Waals surface area contributed by atoms with Gasteiger partial charge in [-0.25, -0.2) is 5.43 Å². The Kier molecular flexibility index (Phi) is 5.21. The lowest BCUT2D eigenvalue weighted by atomic mass is 10.2. The van der Waals surface area contributed by atoms with Crippen LogP contribution >= 0.6 is 38.9 Å². The van der Waals surface area contributed by atoms with Crippen molar-refractivity contribution in [2.75, 3.05) is 0 Å². The van der Waals surface area contributed by atoms with Crippen molar-refractivity contribution in [3.05, 3.63) is 66.4 Å². The number of non-ortho nitro benzene ring substituents is 1. The molecule has 7 nitrogen and oxygen atoms in total. The molecule has 0 aliphatic carbocycles. The van der Waals surface area contributed by atoms with Crippen LogP contribution in [0, 0.1) is 10.1 Å². The summed E-state index contributed by atoms with van der Waals surface area (Å²) >= 11 is 10.3. The third kappa shape index (κ3) is 3.85. The van der Waals surface area contributed by atoms with Crippen molar-refractivity contribution < 1.29 is 14.8 Å². The standard InChI is InChI=1S/C16H9BrClN3O4S/c17-12-6-10(18)3-9(15(12)22)7-19-20-16(23)14-5-8-4-11(21(24)25)1-2-13(8)26-14/h1-7,22H,(H,20,23)/b19-7+. The molecule has 2 N–H and O–H groups in total. The van der Waals surface area contributed by atoms with Gasteiger partial charge in [0, 0.05) is 32.8 Å². The second kappa shape index (κ2) is 7.40. The zero-order valence-corrected chi connectivity index (χ0v) is 15.9. The normalized spacial score (nSPS) is 11.2. The van der Waals surface area contributed by atoms with Gasteiger partial charge in [0.25, 0.3) is 11.6 Å². The summed E-state index contributed by atoms with van der Waals surface area (Å²) in [6, 6.07) is 8.98. The largest absolute Gasteiger partial charge is 0.506 e. The van der Waals surface area contributed by atoms with Crippen molar-refractivity contribution in [2.45, 2.75) is 0 Å². The van der Waals surface area contributed by atoms with Crippen LogP contribution in [0.4, 0.5) is 5.69 Å².